The molecule has 2 atom stereocenters. The number of carbonyl (C=O) groups excluding carboxylic acids is 2. The normalized spacial score (nSPS) is 24.9. The van der Waals surface area contributed by atoms with Crippen molar-refractivity contribution in [3.8, 4) is 0 Å². The van der Waals surface area contributed by atoms with E-state index in [1.807, 2.05) is 38.1 Å². The Bertz CT molecular complexity index is 861. The van der Waals surface area contributed by atoms with Crippen LogP contribution in [0.2, 0.25) is 0 Å². The fourth-order valence-corrected chi connectivity index (χ4v) is 4.50. The first-order valence-electron chi connectivity index (χ1n) is 10.1. The fourth-order valence-electron chi connectivity index (χ4n) is 4.50. The summed E-state index contributed by atoms with van der Waals surface area (Å²) in [4.78, 5) is 26.0. The highest BCUT2D eigenvalue weighted by Gasteiger charge is 2.39. The smallest absolute Gasteiger partial charge is 0.336 e. The molecule has 1 aliphatic carbocycles. The van der Waals surface area contributed by atoms with Crippen LogP contribution in [0.1, 0.15) is 56.1 Å². The van der Waals surface area contributed by atoms with Gasteiger partial charge in [0.15, 0.2) is 5.78 Å². The number of esters is 1. The van der Waals surface area contributed by atoms with E-state index in [2.05, 4.69) is 5.32 Å². The van der Waals surface area contributed by atoms with Crippen LogP contribution in [0.25, 0.3) is 0 Å². The van der Waals surface area contributed by atoms with E-state index < -0.39 is 0 Å². The molecule has 0 unspecified atom stereocenters. The van der Waals surface area contributed by atoms with Crippen LogP contribution in [0.15, 0.2) is 46.8 Å². The van der Waals surface area contributed by atoms with Gasteiger partial charge in [-0.2, -0.15) is 0 Å². The average molecular weight is 381 g/mol. The zero-order valence-electron chi connectivity index (χ0n) is 16.5. The van der Waals surface area contributed by atoms with Gasteiger partial charge in [0.05, 0.1) is 11.7 Å². The molecule has 1 aromatic carbocycles. The number of hydrogen-bond acceptors (Lipinski definition) is 5. The number of Topliss-reactive ketones (excluding diaryl/α,β-unsaturated/α-hetero) is 1. The minimum atomic E-state index is -0.373. The maximum absolute atomic E-state index is 13.1. The Morgan fingerprint density at radius 3 is 2.79 bits per heavy atom. The third kappa shape index (κ3) is 3.51. The first-order valence-corrected chi connectivity index (χ1v) is 10.1. The van der Waals surface area contributed by atoms with Gasteiger partial charge in [0.25, 0.3) is 0 Å². The lowest BCUT2D eigenvalue weighted by Crippen LogP contribution is -2.35. The summed E-state index contributed by atoms with van der Waals surface area (Å²) in [5.74, 6) is -0.611. The molecule has 0 radical (unpaired) electrons. The van der Waals surface area contributed by atoms with Crippen molar-refractivity contribution in [2.75, 3.05) is 13.2 Å². The van der Waals surface area contributed by atoms with E-state index in [4.69, 9.17) is 9.47 Å². The van der Waals surface area contributed by atoms with E-state index >= 15 is 0 Å². The summed E-state index contributed by atoms with van der Waals surface area (Å²) in [6.45, 7) is 4.91. The van der Waals surface area contributed by atoms with E-state index in [9.17, 15) is 9.59 Å². The Morgan fingerprint density at radius 1 is 1.21 bits per heavy atom. The third-order valence-electron chi connectivity index (χ3n) is 5.92. The highest BCUT2D eigenvalue weighted by molar-refractivity contribution is 6.03. The van der Waals surface area contributed by atoms with Crippen molar-refractivity contribution in [3.05, 3.63) is 57.9 Å². The Labute approximate surface area is 165 Å². The highest BCUT2D eigenvalue weighted by Crippen LogP contribution is 2.43. The van der Waals surface area contributed by atoms with Gasteiger partial charge in [-0.05, 0) is 50.7 Å². The number of ether oxygens (including phenoxy) is 2. The lowest BCUT2D eigenvalue weighted by Gasteiger charge is -2.34. The Hall–Kier alpha value is -2.40. The Kier molecular flexibility index (Phi) is 5.36. The number of benzene rings is 1. The van der Waals surface area contributed by atoms with Crippen LogP contribution in [0, 0.1) is 6.92 Å². The average Bonchev–Trinajstić information content (AvgIpc) is 3.19. The van der Waals surface area contributed by atoms with Crippen molar-refractivity contribution in [1.29, 1.82) is 0 Å². The van der Waals surface area contributed by atoms with Crippen LogP contribution in [0.3, 0.4) is 0 Å². The molecule has 1 fully saturated rings. The number of ketones is 1. The van der Waals surface area contributed by atoms with Gasteiger partial charge in [-0.15, -0.1) is 0 Å². The lowest BCUT2D eigenvalue weighted by atomic mass is 9.74. The lowest BCUT2D eigenvalue weighted by molar-refractivity contribution is -0.142. The van der Waals surface area contributed by atoms with Crippen LogP contribution in [0.5, 0.6) is 0 Å². The standard InChI is InChI=1S/C23H27NO4/c1-14-7-3-4-9-17(14)21-20(23(26)28-13-16-8-6-12-27-16)15(2)24-18-10-5-11-19(25)22(18)21/h3-4,7,9,16,21,24H,5-6,8,10-13H2,1-2H3/t16-,21-/m0/s1. The van der Waals surface area contributed by atoms with E-state index in [0.29, 0.717) is 12.0 Å². The number of aryl methyl sites for hydroxylation is 1. The fraction of sp³-hybridized carbons (Fsp3) is 0.478. The van der Waals surface area contributed by atoms with Crippen LogP contribution >= 0.6 is 0 Å². The SMILES string of the molecule is CC1=C(C(=O)OC[C@@H]2CCCO2)[C@H](c2ccccc2C)C2=C(CCCC2=O)N1. The van der Waals surface area contributed by atoms with Crippen LogP contribution in [-0.4, -0.2) is 31.1 Å². The number of nitrogens with one attached hydrogen (secondary N) is 1. The topological polar surface area (TPSA) is 64.6 Å². The van der Waals surface area contributed by atoms with Crippen LogP contribution in [-0.2, 0) is 19.1 Å². The van der Waals surface area contributed by atoms with Gasteiger partial charge >= 0.3 is 5.97 Å². The van der Waals surface area contributed by atoms with Crippen molar-refractivity contribution in [2.45, 2.75) is 58.0 Å². The van der Waals surface area contributed by atoms with E-state index in [1.54, 1.807) is 0 Å². The third-order valence-corrected chi connectivity index (χ3v) is 5.92. The largest absolute Gasteiger partial charge is 0.459 e. The van der Waals surface area contributed by atoms with Gasteiger partial charge in [0, 0.05) is 35.9 Å². The molecule has 5 heteroatoms. The first kappa shape index (κ1) is 18.9. The summed E-state index contributed by atoms with van der Waals surface area (Å²) in [5.41, 5.74) is 5.07. The molecule has 28 heavy (non-hydrogen) atoms. The molecular weight excluding hydrogens is 354 g/mol. The molecule has 2 heterocycles. The highest BCUT2D eigenvalue weighted by atomic mass is 16.6. The molecule has 1 aromatic rings. The minimum Gasteiger partial charge on any atom is -0.459 e. The minimum absolute atomic E-state index is 0.0237. The van der Waals surface area contributed by atoms with E-state index in [1.165, 1.54) is 0 Å². The quantitative estimate of drug-likeness (QED) is 0.806. The zero-order chi connectivity index (χ0) is 19.7. The second-order valence-corrected chi connectivity index (χ2v) is 7.86. The van der Waals surface area contributed by atoms with Crippen LogP contribution in [0.4, 0.5) is 0 Å². The monoisotopic (exact) mass is 381 g/mol. The van der Waals surface area contributed by atoms with Crippen LogP contribution < -0.4 is 5.32 Å². The molecule has 1 N–H and O–H groups in total. The van der Waals surface area contributed by atoms with E-state index in [0.717, 1.165) is 60.4 Å². The van der Waals surface area contributed by atoms with Gasteiger partial charge in [0.2, 0.25) is 0 Å². The predicted octanol–water partition coefficient (Wildman–Crippen LogP) is 3.69. The predicted molar refractivity (Wildman–Crippen MR) is 106 cm³/mol. The zero-order valence-corrected chi connectivity index (χ0v) is 16.5. The summed E-state index contributed by atoms with van der Waals surface area (Å²) < 4.78 is 11.2. The van der Waals surface area contributed by atoms with Gasteiger partial charge in [-0.3, -0.25) is 4.79 Å². The van der Waals surface area contributed by atoms with E-state index in [-0.39, 0.29) is 30.4 Å². The number of carbonyl (C=O) groups is 2. The van der Waals surface area contributed by atoms with Gasteiger partial charge in [-0.25, -0.2) is 4.79 Å². The summed E-state index contributed by atoms with van der Waals surface area (Å²) in [6.07, 6.45) is 4.10. The summed E-state index contributed by atoms with van der Waals surface area (Å²) in [6, 6.07) is 7.97. The molecule has 5 nitrogen and oxygen atoms in total. The molecule has 148 valence electrons. The number of dihydropyridines is 1. The van der Waals surface area contributed by atoms with Crippen molar-refractivity contribution in [2.24, 2.45) is 0 Å². The molecule has 1 saturated heterocycles. The Balaban J connectivity index is 1.71. The summed E-state index contributed by atoms with van der Waals surface area (Å²) in [7, 11) is 0. The number of hydrogen-bond donors (Lipinski definition) is 1. The molecule has 0 aromatic heterocycles. The maximum atomic E-state index is 13.1. The maximum Gasteiger partial charge on any atom is 0.336 e. The molecular formula is C23H27NO4. The summed E-state index contributed by atoms with van der Waals surface area (Å²) >= 11 is 0. The number of allylic oxidation sites excluding steroid dienone is 3. The van der Waals surface area contributed by atoms with Crippen molar-refractivity contribution >= 4 is 11.8 Å². The molecule has 0 saturated carbocycles. The Morgan fingerprint density at radius 2 is 2.04 bits per heavy atom. The summed E-state index contributed by atoms with van der Waals surface area (Å²) in [5, 5.41) is 3.33. The van der Waals surface area contributed by atoms with Crippen molar-refractivity contribution in [1.82, 2.24) is 5.32 Å². The van der Waals surface area contributed by atoms with Crippen molar-refractivity contribution in [3.63, 3.8) is 0 Å². The van der Waals surface area contributed by atoms with Gasteiger partial charge < -0.3 is 14.8 Å². The van der Waals surface area contributed by atoms with Gasteiger partial charge in [-0.1, -0.05) is 24.3 Å². The van der Waals surface area contributed by atoms with Gasteiger partial charge in [0.1, 0.15) is 6.61 Å². The molecule has 0 spiro atoms. The van der Waals surface area contributed by atoms with Crippen molar-refractivity contribution < 1.29 is 19.1 Å². The first-order chi connectivity index (χ1) is 13.6. The molecule has 0 bridgehead atoms. The molecule has 4 rings (SSSR count). The second-order valence-electron chi connectivity index (χ2n) is 7.86. The second kappa shape index (κ2) is 7.92. The molecule has 2 aliphatic heterocycles. The molecule has 3 aliphatic rings. The molecule has 0 amide bonds. The number of rotatable bonds is 4.